The van der Waals surface area contributed by atoms with Gasteiger partial charge < -0.3 is 19.3 Å². The number of anilines is 1. The summed E-state index contributed by atoms with van der Waals surface area (Å²) >= 11 is 0. The molecule has 1 aromatic heterocycles. The van der Waals surface area contributed by atoms with Crippen LogP contribution in [-0.4, -0.2) is 42.2 Å². The lowest BCUT2D eigenvalue weighted by Gasteiger charge is -2.38. The molecule has 3 aromatic rings. The molecule has 2 aliphatic heterocycles. The van der Waals surface area contributed by atoms with Gasteiger partial charge in [-0.2, -0.15) is 5.26 Å². The Hall–Kier alpha value is -4.05. The topological polar surface area (TPSA) is 78.7 Å². The zero-order valence-corrected chi connectivity index (χ0v) is 21.0. The molecule has 1 amide bonds. The van der Waals surface area contributed by atoms with Crippen LogP contribution in [0, 0.1) is 16.7 Å². The number of rotatable bonds is 7. The Morgan fingerprint density at radius 1 is 1.00 bits per heavy atom. The first-order valence-electron chi connectivity index (χ1n) is 12.9. The number of pyridine rings is 1. The Morgan fingerprint density at radius 3 is 2.54 bits per heavy atom. The third-order valence-corrected chi connectivity index (χ3v) is 7.49. The van der Waals surface area contributed by atoms with Gasteiger partial charge in [0.25, 0.3) is 0 Å². The van der Waals surface area contributed by atoms with Crippen molar-refractivity contribution in [2.24, 2.45) is 5.41 Å². The summed E-state index contributed by atoms with van der Waals surface area (Å²) in [6, 6.07) is 22.4. The highest BCUT2D eigenvalue weighted by Crippen LogP contribution is 2.36. The number of benzene rings is 2. The van der Waals surface area contributed by atoms with Crippen molar-refractivity contribution in [2.75, 3.05) is 31.1 Å². The Morgan fingerprint density at radius 2 is 1.78 bits per heavy atom. The molecule has 0 saturated carbocycles. The van der Waals surface area contributed by atoms with E-state index >= 15 is 0 Å². The van der Waals surface area contributed by atoms with E-state index in [4.69, 9.17) is 9.47 Å². The highest BCUT2D eigenvalue weighted by atomic mass is 16.6. The van der Waals surface area contributed by atoms with Crippen molar-refractivity contribution in [1.82, 2.24) is 9.88 Å². The van der Waals surface area contributed by atoms with E-state index in [2.05, 4.69) is 22.0 Å². The smallest absolute Gasteiger partial charge is 0.410 e. The zero-order valence-electron chi connectivity index (χ0n) is 21.0. The fourth-order valence-electron chi connectivity index (χ4n) is 5.12. The van der Waals surface area contributed by atoms with Crippen molar-refractivity contribution < 1.29 is 14.3 Å². The van der Waals surface area contributed by atoms with Gasteiger partial charge in [0, 0.05) is 50.7 Å². The Labute approximate surface area is 218 Å². The Bertz CT molecular complexity index is 1230. The number of nitriles is 1. The van der Waals surface area contributed by atoms with Crippen LogP contribution in [0.3, 0.4) is 0 Å². The fourth-order valence-corrected chi connectivity index (χ4v) is 5.12. The van der Waals surface area contributed by atoms with Gasteiger partial charge in [0.1, 0.15) is 12.4 Å². The highest BCUT2D eigenvalue weighted by molar-refractivity contribution is 5.68. The van der Waals surface area contributed by atoms with Crippen LogP contribution in [0.2, 0.25) is 0 Å². The second kappa shape index (κ2) is 11.3. The van der Waals surface area contributed by atoms with Crippen molar-refractivity contribution in [2.45, 2.75) is 38.8 Å². The monoisotopic (exact) mass is 496 g/mol. The van der Waals surface area contributed by atoms with Crippen LogP contribution in [-0.2, 0) is 24.3 Å². The molecular formula is C30H32N4O3. The molecular weight excluding hydrogens is 464 g/mol. The zero-order chi connectivity index (χ0) is 25.5. The van der Waals surface area contributed by atoms with Gasteiger partial charge in [-0.05, 0) is 60.2 Å². The molecule has 3 heterocycles. The summed E-state index contributed by atoms with van der Waals surface area (Å²) in [6.45, 7) is 3.62. The maximum absolute atomic E-state index is 12.6. The lowest BCUT2D eigenvalue weighted by molar-refractivity contribution is 0.0918. The molecule has 1 saturated heterocycles. The van der Waals surface area contributed by atoms with Crippen LogP contribution >= 0.6 is 0 Å². The molecule has 2 aliphatic rings. The molecule has 2 aromatic carbocycles. The SMILES string of the molecule is N#CC1(CCOc2ccc3c(c2)CN(C(=O)OCc2ccccc2)CC3)CCN(c2ccncc2)CC1. The van der Waals surface area contributed by atoms with E-state index in [-0.39, 0.29) is 18.1 Å². The normalized spacial score (nSPS) is 16.4. The highest BCUT2D eigenvalue weighted by Gasteiger charge is 2.35. The summed E-state index contributed by atoms with van der Waals surface area (Å²) in [5.74, 6) is 0.778. The van der Waals surface area contributed by atoms with E-state index in [1.54, 1.807) is 17.3 Å². The lowest BCUT2D eigenvalue weighted by Crippen LogP contribution is -2.40. The van der Waals surface area contributed by atoms with Crippen molar-refractivity contribution >= 4 is 11.8 Å². The van der Waals surface area contributed by atoms with Crippen molar-refractivity contribution in [3.63, 3.8) is 0 Å². The molecule has 0 radical (unpaired) electrons. The number of amides is 1. The molecule has 0 N–H and O–H groups in total. The van der Waals surface area contributed by atoms with Crippen LogP contribution in [0.4, 0.5) is 10.5 Å². The number of nitrogens with zero attached hydrogens (tertiary/aromatic N) is 4. The molecule has 0 unspecified atom stereocenters. The maximum Gasteiger partial charge on any atom is 0.410 e. The number of carbonyl (C=O) groups is 1. The van der Waals surface area contributed by atoms with Crippen molar-refractivity contribution in [3.05, 3.63) is 89.7 Å². The third-order valence-electron chi connectivity index (χ3n) is 7.49. The molecule has 1 fully saturated rings. The van der Waals surface area contributed by atoms with Gasteiger partial charge in [-0.3, -0.25) is 4.98 Å². The summed E-state index contributed by atoms with van der Waals surface area (Å²) in [4.78, 5) is 20.8. The predicted molar refractivity (Wildman–Crippen MR) is 141 cm³/mol. The summed E-state index contributed by atoms with van der Waals surface area (Å²) in [7, 11) is 0. The summed E-state index contributed by atoms with van der Waals surface area (Å²) < 4.78 is 11.6. The number of carbonyl (C=O) groups excluding carboxylic acids is 1. The summed E-state index contributed by atoms with van der Waals surface area (Å²) in [5.41, 5.74) is 4.08. The number of fused-ring (bicyclic) bond motifs is 1. The molecule has 37 heavy (non-hydrogen) atoms. The van der Waals surface area contributed by atoms with E-state index in [0.29, 0.717) is 26.1 Å². The Balaban J connectivity index is 1.12. The van der Waals surface area contributed by atoms with Gasteiger partial charge in [-0.15, -0.1) is 0 Å². The predicted octanol–water partition coefficient (Wildman–Crippen LogP) is 5.36. The van der Waals surface area contributed by atoms with Crippen molar-refractivity contribution in [3.8, 4) is 11.8 Å². The van der Waals surface area contributed by atoms with E-state index in [1.165, 1.54) is 5.56 Å². The maximum atomic E-state index is 12.6. The first kappa shape index (κ1) is 24.6. The van der Waals surface area contributed by atoms with Crippen LogP contribution in [0.25, 0.3) is 0 Å². The van der Waals surface area contributed by atoms with E-state index in [1.807, 2.05) is 54.6 Å². The minimum absolute atomic E-state index is 0.271. The summed E-state index contributed by atoms with van der Waals surface area (Å²) in [6.07, 6.45) is 6.44. The Kier molecular flexibility index (Phi) is 7.55. The molecule has 0 atom stereocenters. The molecule has 0 spiro atoms. The molecule has 0 bridgehead atoms. The number of ether oxygens (including phenoxy) is 2. The molecule has 190 valence electrons. The number of hydrogen-bond acceptors (Lipinski definition) is 6. The van der Waals surface area contributed by atoms with Gasteiger partial charge in [0.2, 0.25) is 0 Å². The minimum atomic E-state index is -0.364. The number of piperidine rings is 1. The average Bonchev–Trinajstić information content (AvgIpc) is 2.97. The third kappa shape index (κ3) is 6.03. The standard InChI is InChI=1S/C30H32N4O3/c31-23-30(11-17-33(18-12-30)27-8-14-32-15-9-27)13-19-36-28-7-6-25-10-16-34(21-26(25)20-28)29(35)37-22-24-4-2-1-3-5-24/h1-9,14-15,20H,10-13,16-19,21-22H2. The lowest BCUT2D eigenvalue weighted by atomic mass is 9.77. The van der Waals surface area contributed by atoms with Gasteiger partial charge in [0.05, 0.1) is 18.1 Å². The van der Waals surface area contributed by atoms with Crippen LogP contribution < -0.4 is 9.64 Å². The number of hydrogen-bond donors (Lipinski definition) is 0. The summed E-state index contributed by atoms with van der Waals surface area (Å²) in [5, 5.41) is 9.97. The van der Waals surface area contributed by atoms with E-state index in [0.717, 1.165) is 54.9 Å². The van der Waals surface area contributed by atoms with Crippen LogP contribution in [0.5, 0.6) is 5.75 Å². The molecule has 7 nitrogen and oxygen atoms in total. The van der Waals surface area contributed by atoms with Crippen molar-refractivity contribution in [1.29, 1.82) is 5.26 Å². The molecule has 5 rings (SSSR count). The second-order valence-corrected chi connectivity index (χ2v) is 9.83. The first-order valence-corrected chi connectivity index (χ1v) is 12.9. The van der Waals surface area contributed by atoms with E-state index < -0.39 is 0 Å². The van der Waals surface area contributed by atoms with Crippen LogP contribution in [0.15, 0.2) is 73.1 Å². The van der Waals surface area contributed by atoms with Gasteiger partial charge >= 0.3 is 6.09 Å². The fraction of sp³-hybridized carbons (Fsp3) is 0.367. The average molecular weight is 497 g/mol. The minimum Gasteiger partial charge on any atom is -0.494 e. The molecule has 0 aliphatic carbocycles. The first-order chi connectivity index (χ1) is 18.1. The van der Waals surface area contributed by atoms with Crippen LogP contribution in [0.1, 0.15) is 36.0 Å². The number of aromatic nitrogens is 1. The van der Waals surface area contributed by atoms with Gasteiger partial charge in [0.15, 0.2) is 0 Å². The van der Waals surface area contributed by atoms with Gasteiger partial charge in [-0.25, -0.2) is 4.79 Å². The quantitative estimate of drug-likeness (QED) is 0.438. The molecule has 7 heteroatoms. The largest absolute Gasteiger partial charge is 0.494 e. The van der Waals surface area contributed by atoms with E-state index in [9.17, 15) is 10.1 Å². The van der Waals surface area contributed by atoms with Gasteiger partial charge in [-0.1, -0.05) is 36.4 Å². The second-order valence-electron chi connectivity index (χ2n) is 9.83.